The quantitative estimate of drug-likeness (QED) is 0.261. The van der Waals surface area contributed by atoms with Crippen LogP contribution in [-0.2, 0) is 16.1 Å². The molecular weight excluding hydrogens is 546 g/mol. The zero-order chi connectivity index (χ0) is 29.6. The molecule has 218 valence electrons. The number of aromatic nitrogens is 3. The number of imidazole rings is 1. The van der Waals surface area contributed by atoms with E-state index in [9.17, 15) is 29.1 Å². The Morgan fingerprint density at radius 1 is 1.05 bits per heavy atom. The molecule has 2 bridgehead atoms. The molecule has 1 aliphatic heterocycles. The predicted octanol–water partition coefficient (Wildman–Crippen LogP) is 1.24. The maximum Gasteiger partial charge on any atom is 0.309 e. The van der Waals surface area contributed by atoms with E-state index < -0.39 is 29.1 Å². The second-order valence-corrected chi connectivity index (χ2v) is 11.3. The highest BCUT2D eigenvalue weighted by Crippen LogP contribution is 2.56. The van der Waals surface area contributed by atoms with Gasteiger partial charge in [0, 0.05) is 13.1 Å². The van der Waals surface area contributed by atoms with Crippen LogP contribution in [0.4, 0.5) is 5.69 Å². The summed E-state index contributed by atoms with van der Waals surface area (Å²) in [5.74, 6) is -2.47. The molecule has 0 radical (unpaired) electrons. The van der Waals surface area contributed by atoms with Gasteiger partial charge in [0.2, 0.25) is 0 Å². The average Bonchev–Trinajstić information content (AvgIpc) is 3.43. The number of aliphatic carboxylic acids is 1. The third-order valence-corrected chi connectivity index (χ3v) is 8.81. The molecule has 3 aliphatic carbocycles. The normalized spacial score (nSPS) is 22.5. The van der Waals surface area contributed by atoms with Gasteiger partial charge >= 0.3 is 5.97 Å². The molecule has 3 aromatic rings. The largest absolute Gasteiger partial charge is 0.482 e. The van der Waals surface area contributed by atoms with E-state index in [4.69, 9.17) is 10.5 Å². The number of fused-ring (bicyclic) bond motifs is 5. The summed E-state index contributed by atoms with van der Waals surface area (Å²) in [6, 6.07) is 6.43. The van der Waals surface area contributed by atoms with Crippen molar-refractivity contribution in [1.29, 1.82) is 0 Å². The van der Waals surface area contributed by atoms with Gasteiger partial charge in [-0.1, -0.05) is 6.07 Å². The lowest BCUT2D eigenvalue weighted by Crippen LogP contribution is -2.50. The number of carboxylic acid groups (broad SMARTS) is 1. The molecule has 3 fully saturated rings. The zero-order valence-electron chi connectivity index (χ0n) is 22.6. The number of ether oxygens (including phenoxy) is 1. The molecule has 0 saturated heterocycles. The van der Waals surface area contributed by atoms with E-state index in [0.29, 0.717) is 62.1 Å². The van der Waals surface area contributed by atoms with E-state index in [-0.39, 0.29) is 47.2 Å². The van der Waals surface area contributed by atoms with Gasteiger partial charge in [-0.2, -0.15) is 0 Å². The minimum absolute atomic E-state index is 0.0336. The minimum atomic E-state index is -0.863. The molecule has 2 aromatic heterocycles. The fraction of sp³-hybridized carbons (Fsp3) is 0.393. The van der Waals surface area contributed by atoms with Crippen molar-refractivity contribution in [2.24, 2.45) is 16.6 Å². The fourth-order valence-corrected chi connectivity index (χ4v) is 6.16. The van der Waals surface area contributed by atoms with E-state index in [2.05, 4.69) is 25.9 Å². The Balaban J connectivity index is 1.21. The first-order valence-electron chi connectivity index (χ1n) is 13.6. The highest BCUT2D eigenvalue weighted by atomic mass is 16.5. The van der Waals surface area contributed by atoms with E-state index in [1.807, 2.05) is 0 Å². The number of primary amides is 1. The van der Waals surface area contributed by atoms with Gasteiger partial charge in [-0.15, -0.1) is 0 Å². The van der Waals surface area contributed by atoms with Crippen molar-refractivity contribution < 1.29 is 33.8 Å². The van der Waals surface area contributed by atoms with E-state index in [1.165, 1.54) is 16.8 Å². The summed E-state index contributed by atoms with van der Waals surface area (Å²) in [5, 5.41) is 18.1. The molecule has 4 amide bonds. The summed E-state index contributed by atoms with van der Waals surface area (Å²) in [4.78, 5) is 70.3. The van der Waals surface area contributed by atoms with Gasteiger partial charge in [-0.05, 0) is 67.7 Å². The van der Waals surface area contributed by atoms with Gasteiger partial charge in [0.05, 0.1) is 11.1 Å². The van der Waals surface area contributed by atoms with Crippen molar-refractivity contribution >= 4 is 40.9 Å². The Bertz CT molecular complexity index is 1640. The fourth-order valence-electron chi connectivity index (χ4n) is 6.16. The van der Waals surface area contributed by atoms with Crippen LogP contribution in [-0.4, -0.2) is 62.2 Å². The SMILES string of the molecule is NC(=O)c1ncn2c(C(=O)NCC34CCC(C(=O)O)(CC3)CC4)cc(C(=O)NCc3ccc4c(c3)NC(=O)CO4)nc12. The lowest BCUT2D eigenvalue weighted by molar-refractivity contribution is -0.158. The van der Waals surface area contributed by atoms with Crippen molar-refractivity contribution in [2.45, 2.75) is 45.1 Å². The molecule has 0 atom stereocenters. The van der Waals surface area contributed by atoms with Crippen LogP contribution in [0.25, 0.3) is 5.65 Å². The maximum absolute atomic E-state index is 13.5. The second kappa shape index (κ2) is 10.1. The van der Waals surface area contributed by atoms with Crippen LogP contribution in [0.2, 0.25) is 0 Å². The standard InChI is InChI=1S/C28H29N7O7/c29-22(37)21-23-34-17(24(38)30-11-15-1-2-19-16(9-15)33-20(36)12-42-19)10-18(35(23)14-32-21)25(39)31-13-27-3-6-28(7-4-27,8-5-27)26(40)41/h1-2,9-10,14H,3-8,11-13H2,(H2,29,37)(H,30,38)(H,31,39)(H,33,36)(H,40,41). The number of hydrogen-bond acceptors (Lipinski definition) is 8. The zero-order valence-corrected chi connectivity index (χ0v) is 22.6. The summed E-state index contributed by atoms with van der Waals surface area (Å²) in [5.41, 5.74) is 5.49. The highest BCUT2D eigenvalue weighted by Gasteiger charge is 2.52. The number of amides is 4. The van der Waals surface area contributed by atoms with Crippen molar-refractivity contribution in [3.63, 3.8) is 0 Å². The van der Waals surface area contributed by atoms with Gasteiger partial charge in [0.15, 0.2) is 17.9 Å². The Morgan fingerprint density at radius 3 is 2.48 bits per heavy atom. The molecule has 0 spiro atoms. The van der Waals surface area contributed by atoms with Crippen molar-refractivity contribution in [3.8, 4) is 5.75 Å². The third-order valence-electron chi connectivity index (χ3n) is 8.81. The third kappa shape index (κ3) is 4.78. The van der Waals surface area contributed by atoms with E-state index in [1.54, 1.807) is 18.2 Å². The van der Waals surface area contributed by atoms with Crippen molar-refractivity contribution in [3.05, 3.63) is 53.2 Å². The number of anilines is 1. The lowest BCUT2D eigenvalue weighted by Gasteiger charge is -2.51. The van der Waals surface area contributed by atoms with Crippen LogP contribution < -0.4 is 26.4 Å². The molecule has 1 aromatic carbocycles. The van der Waals surface area contributed by atoms with Gasteiger partial charge in [-0.3, -0.25) is 28.4 Å². The monoisotopic (exact) mass is 575 g/mol. The number of nitrogens with two attached hydrogens (primary N) is 1. The summed E-state index contributed by atoms with van der Waals surface area (Å²) >= 11 is 0. The topological polar surface area (TPSA) is 207 Å². The van der Waals surface area contributed by atoms with Crippen LogP contribution in [0.1, 0.15) is 75.6 Å². The van der Waals surface area contributed by atoms with Crippen LogP contribution in [0.3, 0.4) is 0 Å². The number of carbonyl (C=O) groups is 5. The number of rotatable bonds is 8. The van der Waals surface area contributed by atoms with E-state index in [0.717, 1.165) is 0 Å². The smallest absolute Gasteiger partial charge is 0.309 e. The number of carbonyl (C=O) groups excluding carboxylic acids is 4. The summed E-state index contributed by atoms with van der Waals surface area (Å²) in [7, 11) is 0. The van der Waals surface area contributed by atoms with Gasteiger partial charge < -0.3 is 31.5 Å². The molecule has 3 saturated carbocycles. The first kappa shape index (κ1) is 27.2. The molecule has 42 heavy (non-hydrogen) atoms. The van der Waals surface area contributed by atoms with Crippen molar-refractivity contribution in [2.75, 3.05) is 18.5 Å². The Morgan fingerprint density at radius 2 is 1.79 bits per heavy atom. The summed E-state index contributed by atoms with van der Waals surface area (Å²) < 4.78 is 6.67. The first-order valence-corrected chi connectivity index (χ1v) is 13.6. The van der Waals surface area contributed by atoms with Gasteiger partial charge in [0.1, 0.15) is 23.5 Å². The molecule has 7 rings (SSSR count). The molecule has 4 aliphatic rings. The van der Waals surface area contributed by atoms with Crippen LogP contribution >= 0.6 is 0 Å². The highest BCUT2D eigenvalue weighted by molar-refractivity contribution is 6.01. The number of nitrogens with zero attached hydrogens (tertiary/aromatic N) is 3. The number of hydrogen-bond donors (Lipinski definition) is 5. The summed E-state index contributed by atoms with van der Waals surface area (Å²) in [6.07, 6.45) is 5.10. The first-order chi connectivity index (χ1) is 20.1. The molecule has 6 N–H and O–H groups in total. The van der Waals surface area contributed by atoms with E-state index >= 15 is 0 Å². The Kier molecular flexibility index (Phi) is 6.55. The molecule has 0 unspecified atom stereocenters. The maximum atomic E-state index is 13.5. The Labute approximate surface area is 239 Å². The predicted molar refractivity (Wildman–Crippen MR) is 146 cm³/mol. The number of nitrogens with one attached hydrogen (secondary N) is 3. The lowest BCUT2D eigenvalue weighted by atomic mass is 9.53. The van der Waals surface area contributed by atoms with Crippen LogP contribution in [0.15, 0.2) is 30.6 Å². The second-order valence-electron chi connectivity index (χ2n) is 11.3. The molecule has 14 nitrogen and oxygen atoms in total. The van der Waals surface area contributed by atoms with Crippen LogP contribution in [0.5, 0.6) is 5.75 Å². The average molecular weight is 576 g/mol. The van der Waals surface area contributed by atoms with Gasteiger partial charge in [0.25, 0.3) is 23.6 Å². The van der Waals surface area contributed by atoms with Gasteiger partial charge in [-0.25, -0.2) is 9.97 Å². The number of benzene rings is 1. The summed E-state index contributed by atoms with van der Waals surface area (Å²) in [6.45, 7) is 0.364. The number of carboxylic acids is 1. The molecular formula is C28H29N7O7. The Hall–Kier alpha value is -5.01. The minimum Gasteiger partial charge on any atom is -0.482 e. The van der Waals surface area contributed by atoms with Crippen LogP contribution in [0, 0.1) is 10.8 Å². The molecule has 14 heteroatoms. The molecule has 3 heterocycles. The van der Waals surface area contributed by atoms with Crippen molar-refractivity contribution in [1.82, 2.24) is 25.0 Å².